The normalized spacial score (nSPS) is 21.6. The van der Waals surface area contributed by atoms with E-state index >= 15 is 0 Å². The Bertz CT molecular complexity index is 509. The number of ether oxygens (including phenoxy) is 1. The molecule has 1 aromatic carbocycles. The van der Waals surface area contributed by atoms with E-state index in [1.165, 1.54) is 5.56 Å². The Labute approximate surface area is 145 Å². The first kappa shape index (κ1) is 18.5. The Morgan fingerprint density at radius 3 is 2.61 bits per heavy atom. The highest BCUT2D eigenvalue weighted by Gasteiger charge is 2.28. The van der Waals surface area contributed by atoms with Gasteiger partial charge in [-0.3, -0.25) is 9.80 Å². The van der Waals surface area contributed by atoms with Crippen LogP contribution in [0.1, 0.15) is 39.3 Å². The summed E-state index contributed by atoms with van der Waals surface area (Å²) < 4.78 is 5.72. The molecule has 5 heteroatoms. The van der Waals surface area contributed by atoms with Crippen LogP contribution >= 0.6 is 11.6 Å². The van der Waals surface area contributed by atoms with Gasteiger partial charge in [-0.25, -0.2) is 0 Å². The fourth-order valence-corrected chi connectivity index (χ4v) is 3.58. The molecule has 23 heavy (non-hydrogen) atoms. The van der Waals surface area contributed by atoms with Crippen LogP contribution in [0.25, 0.3) is 0 Å². The molecule has 4 nitrogen and oxygen atoms in total. The second kappa shape index (κ2) is 8.34. The molecule has 0 bridgehead atoms. The Morgan fingerprint density at radius 1 is 1.35 bits per heavy atom. The summed E-state index contributed by atoms with van der Waals surface area (Å²) in [5.74, 6) is 0.741. The number of halogens is 1. The quantitative estimate of drug-likeness (QED) is 0.864. The van der Waals surface area contributed by atoms with E-state index in [-0.39, 0.29) is 12.1 Å². The Hall–Kier alpha value is -0.810. The second-order valence-electron chi connectivity index (χ2n) is 6.58. The minimum absolute atomic E-state index is 0.117. The first-order chi connectivity index (χ1) is 11.0. The summed E-state index contributed by atoms with van der Waals surface area (Å²) in [7, 11) is 0. The minimum Gasteiger partial charge on any atom is -0.489 e. The number of rotatable bonds is 6. The molecule has 2 unspecified atom stereocenters. The van der Waals surface area contributed by atoms with Crippen molar-refractivity contribution in [2.24, 2.45) is 5.73 Å². The zero-order valence-corrected chi connectivity index (χ0v) is 15.5. The van der Waals surface area contributed by atoms with E-state index < -0.39 is 0 Å². The van der Waals surface area contributed by atoms with Gasteiger partial charge in [0.15, 0.2) is 0 Å². The van der Waals surface area contributed by atoms with Crippen LogP contribution in [0.4, 0.5) is 0 Å². The first-order valence-corrected chi connectivity index (χ1v) is 8.98. The van der Waals surface area contributed by atoms with Gasteiger partial charge >= 0.3 is 0 Å². The van der Waals surface area contributed by atoms with Crippen LogP contribution in [0.2, 0.25) is 5.02 Å². The van der Waals surface area contributed by atoms with Gasteiger partial charge in [-0.1, -0.05) is 24.6 Å². The molecule has 0 amide bonds. The summed E-state index contributed by atoms with van der Waals surface area (Å²) >= 11 is 6.40. The molecule has 1 saturated heterocycles. The maximum absolute atomic E-state index is 6.40. The molecule has 0 radical (unpaired) electrons. The van der Waals surface area contributed by atoms with Crippen molar-refractivity contribution < 1.29 is 4.74 Å². The van der Waals surface area contributed by atoms with E-state index in [1.807, 2.05) is 26.0 Å². The van der Waals surface area contributed by atoms with Crippen LogP contribution in [0.15, 0.2) is 18.2 Å². The van der Waals surface area contributed by atoms with Crippen molar-refractivity contribution in [2.45, 2.75) is 45.9 Å². The van der Waals surface area contributed by atoms with Crippen molar-refractivity contribution >= 4 is 11.6 Å². The molecular formula is C18H30ClN3O. The van der Waals surface area contributed by atoms with Crippen molar-refractivity contribution in [2.75, 3.05) is 32.7 Å². The van der Waals surface area contributed by atoms with E-state index in [1.54, 1.807) is 0 Å². The Balaban J connectivity index is 2.13. The lowest BCUT2D eigenvalue weighted by molar-refractivity contribution is 0.0606. The first-order valence-electron chi connectivity index (χ1n) is 8.60. The summed E-state index contributed by atoms with van der Waals surface area (Å²) in [4.78, 5) is 4.99. The van der Waals surface area contributed by atoms with Gasteiger partial charge in [0.05, 0.1) is 11.1 Å². The minimum atomic E-state index is 0.117. The van der Waals surface area contributed by atoms with Crippen LogP contribution in [0.5, 0.6) is 5.75 Å². The van der Waals surface area contributed by atoms with Crippen molar-refractivity contribution in [3.8, 4) is 5.75 Å². The number of hydrogen-bond acceptors (Lipinski definition) is 4. The van der Waals surface area contributed by atoms with Gasteiger partial charge in [-0.2, -0.15) is 0 Å². The molecule has 2 rings (SSSR count). The number of nitrogens with zero attached hydrogens (tertiary/aromatic N) is 2. The molecule has 0 aliphatic carbocycles. The monoisotopic (exact) mass is 339 g/mol. The van der Waals surface area contributed by atoms with Crippen LogP contribution < -0.4 is 10.5 Å². The summed E-state index contributed by atoms with van der Waals surface area (Å²) in [5, 5.41) is 0.662. The molecule has 0 aromatic heterocycles. The van der Waals surface area contributed by atoms with Crippen LogP contribution in [-0.4, -0.2) is 54.7 Å². The molecule has 1 aliphatic heterocycles. The summed E-state index contributed by atoms with van der Waals surface area (Å²) in [6.07, 6.45) is 0.117. The zero-order valence-electron chi connectivity index (χ0n) is 14.8. The number of piperazine rings is 1. The van der Waals surface area contributed by atoms with Crippen LogP contribution in [0.3, 0.4) is 0 Å². The van der Waals surface area contributed by atoms with Crippen LogP contribution in [0, 0.1) is 0 Å². The number of nitrogens with two attached hydrogens (primary N) is 1. The smallest absolute Gasteiger partial charge is 0.138 e. The average Bonchev–Trinajstić information content (AvgIpc) is 2.50. The fourth-order valence-electron chi connectivity index (χ4n) is 3.35. The lowest BCUT2D eigenvalue weighted by atomic mass is 10.0. The van der Waals surface area contributed by atoms with E-state index in [0.29, 0.717) is 17.6 Å². The zero-order chi connectivity index (χ0) is 17.0. The van der Waals surface area contributed by atoms with Crippen molar-refractivity contribution in [3.05, 3.63) is 28.8 Å². The van der Waals surface area contributed by atoms with E-state index in [4.69, 9.17) is 22.1 Å². The summed E-state index contributed by atoms with van der Waals surface area (Å²) in [6, 6.07) is 6.83. The molecule has 2 atom stereocenters. The summed E-state index contributed by atoms with van der Waals surface area (Å²) in [6.45, 7) is 13.4. The molecule has 1 heterocycles. The maximum Gasteiger partial charge on any atom is 0.138 e. The third-order valence-corrected chi connectivity index (χ3v) is 4.87. The highest BCUT2D eigenvalue weighted by Crippen LogP contribution is 2.31. The van der Waals surface area contributed by atoms with E-state index in [9.17, 15) is 0 Å². The van der Waals surface area contributed by atoms with Crippen LogP contribution in [-0.2, 0) is 0 Å². The molecule has 1 aromatic rings. The molecule has 0 spiro atoms. The molecule has 1 fully saturated rings. The van der Waals surface area contributed by atoms with Gasteiger partial charge in [0.2, 0.25) is 0 Å². The second-order valence-corrected chi connectivity index (χ2v) is 6.99. The highest BCUT2D eigenvalue weighted by molar-refractivity contribution is 6.32. The Kier molecular flexibility index (Phi) is 6.72. The molecule has 2 N–H and O–H groups in total. The molecule has 1 aliphatic rings. The Morgan fingerprint density at radius 2 is 2.09 bits per heavy atom. The van der Waals surface area contributed by atoms with E-state index in [2.05, 4.69) is 29.7 Å². The number of benzene rings is 1. The predicted molar refractivity (Wildman–Crippen MR) is 97.3 cm³/mol. The van der Waals surface area contributed by atoms with Gasteiger partial charge in [0.1, 0.15) is 5.75 Å². The third kappa shape index (κ3) is 4.60. The van der Waals surface area contributed by atoms with E-state index in [0.717, 1.165) is 31.9 Å². The molecule has 0 saturated carbocycles. The maximum atomic E-state index is 6.40. The SMILES string of the molecule is CCN1CCN(C(CN)c2ccc(OC(C)C)c(Cl)c2)CC1C. The standard InChI is InChI=1S/C18H30ClN3O/c1-5-21-8-9-22(12-14(21)4)17(11-20)15-6-7-18(16(19)10-15)23-13(2)3/h6-7,10,13-14,17H,5,8-9,11-12,20H2,1-4H3. The van der Waals surface area contributed by atoms with Gasteiger partial charge in [0.25, 0.3) is 0 Å². The lowest BCUT2D eigenvalue weighted by Gasteiger charge is -2.43. The summed E-state index contributed by atoms with van der Waals surface area (Å²) in [5.41, 5.74) is 7.26. The fraction of sp³-hybridized carbons (Fsp3) is 0.667. The van der Waals surface area contributed by atoms with Crippen molar-refractivity contribution in [3.63, 3.8) is 0 Å². The topological polar surface area (TPSA) is 41.7 Å². The van der Waals surface area contributed by atoms with Gasteiger partial charge in [-0.05, 0) is 45.0 Å². The molecule has 130 valence electrons. The predicted octanol–water partition coefficient (Wildman–Crippen LogP) is 3.15. The van der Waals surface area contributed by atoms with Crippen molar-refractivity contribution in [1.29, 1.82) is 0 Å². The largest absolute Gasteiger partial charge is 0.489 e. The average molecular weight is 340 g/mol. The highest BCUT2D eigenvalue weighted by atomic mass is 35.5. The molecular weight excluding hydrogens is 310 g/mol. The van der Waals surface area contributed by atoms with Gasteiger partial charge in [0, 0.05) is 38.3 Å². The van der Waals surface area contributed by atoms with Gasteiger partial charge in [-0.15, -0.1) is 0 Å². The van der Waals surface area contributed by atoms with Gasteiger partial charge < -0.3 is 10.5 Å². The number of hydrogen-bond donors (Lipinski definition) is 1. The lowest BCUT2D eigenvalue weighted by Crippen LogP contribution is -2.53. The van der Waals surface area contributed by atoms with Crippen molar-refractivity contribution in [1.82, 2.24) is 9.80 Å². The number of likely N-dealkylation sites (N-methyl/N-ethyl adjacent to an activating group) is 1. The third-order valence-electron chi connectivity index (χ3n) is 4.57.